The molecule has 2 heterocycles. The topological polar surface area (TPSA) is 84.0 Å². The fourth-order valence-electron chi connectivity index (χ4n) is 4.46. The molecule has 3 aromatic carbocycles. The second-order valence-corrected chi connectivity index (χ2v) is 9.58. The molecule has 0 radical (unpaired) electrons. The average Bonchev–Trinajstić information content (AvgIpc) is 3.31. The number of imide groups is 1. The Hall–Kier alpha value is -3.78. The van der Waals surface area contributed by atoms with Crippen LogP contribution < -0.4 is 9.64 Å². The maximum Gasteiger partial charge on any atom is 0.316 e. The van der Waals surface area contributed by atoms with Gasteiger partial charge < -0.3 is 9.64 Å². The first-order valence-electron chi connectivity index (χ1n) is 11.1. The van der Waals surface area contributed by atoms with E-state index in [9.17, 15) is 19.2 Å². The summed E-state index contributed by atoms with van der Waals surface area (Å²) in [6, 6.07) is 19.4. The van der Waals surface area contributed by atoms with Crippen molar-refractivity contribution in [1.82, 2.24) is 4.90 Å². The normalized spacial score (nSPS) is 17.2. The van der Waals surface area contributed by atoms with Crippen LogP contribution in [0.5, 0.6) is 5.75 Å². The van der Waals surface area contributed by atoms with Gasteiger partial charge in [-0.3, -0.25) is 19.2 Å². The molecule has 7 nitrogen and oxygen atoms in total. The highest BCUT2D eigenvalue weighted by molar-refractivity contribution is 9.10. The Bertz CT molecular complexity index is 1370. The molecule has 1 fully saturated rings. The first-order valence-corrected chi connectivity index (χ1v) is 11.9. The maximum absolute atomic E-state index is 12.9. The van der Waals surface area contributed by atoms with Crippen LogP contribution in [0.3, 0.4) is 0 Å². The number of benzene rings is 3. The molecule has 1 saturated heterocycles. The molecule has 1 atom stereocenters. The predicted molar refractivity (Wildman–Crippen MR) is 132 cm³/mol. The summed E-state index contributed by atoms with van der Waals surface area (Å²) in [6.07, 6.45) is 0.104. The Morgan fingerprint density at radius 1 is 0.971 bits per heavy atom. The van der Waals surface area contributed by atoms with Crippen LogP contribution in [-0.2, 0) is 16.1 Å². The van der Waals surface area contributed by atoms with Gasteiger partial charge in [0.2, 0.25) is 5.91 Å². The van der Waals surface area contributed by atoms with E-state index in [1.54, 1.807) is 48.2 Å². The second-order valence-electron chi connectivity index (χ2n) is 8.67. The van der Waals surface area contributed by atoms with Crippen molar-refractivity contribution in [3.05, 3.63) is 93.5 Å². The molecule has 0 saturated carbocycles. The van der Waals surface area contributed by atoms with Gasteiger partial charge in [0.1, 0.15) is 5.75 Å². The van der Waals surface area contributed by atoms with Gasteiger partial charge in [-0.05, 0) is 54.4 Å². The summed E-state index contributed by atoms with van der Waals surface area (Å²) in [5.41, 5.74) is 2.72. The minimum absolute atomic E-state index is 0.0837. The molecule has 0 spiro atoms. The summed E-state index contributed by atoms with van der Waals surface area (Å²) in [7, 11) is 0. The standard InChI is InChI=1S/C27H21BrN2O5/c1-16-11-20(8-10-23(16)30-25(32)21-9-7-19(28)13-22(21)26(30)33)35-27(34)18-12-24(31)29(15-18)14-17-5-3-2-4-6-17/h2-11,13,18H,12,14-15H2,1H3/t18-/m1/s1. The maximum atomic E-state index is 12.9. The van der Waals surface area contributed by atoms with Crippen LogP contribution in [0.1, 0.15) is 38.3 Å². The van der Waals surface area contributed by atoms with Crippen molar-refractivity contribution < 1.29 is 23.9 Å². The van der Waals surface area contributed by atoms with Gasteiger partial charge in [0.05, 0.1) is 22.7 Å². The van der Waals surface area contributed by atoms with Crippen LogP contribution in [0.15, 0.2) is 71.2 Å². The fourth-order valence-corrected chi connectivity index (χ4v) is 4.82. The van der Waals surface area contributed by atoms with Gasteiger partial charge in [-0.2, -0.15) is 0 Å². The highest BCUT2D eigenvalue weighted by Gasteiger charge is 2.38. The monoisotopic (exact) mass is 532 g/mol. The lowest BCUT2D eigenvalue weighted by molar-refractivity contribution is -0.139. The van der Waals surface area contributed by atoms with Gasteiger partial charge in [0.25, 0.3) is 11.8 Å². The molecule has 2 aliphatic heterocycles. The van der Waals surface area contributed by atoms with Crippen LogP contribution in [0.2, 0.25) is 0 Å². The molecule has 0 unspecified atom stereocenters. The number of esters is 1. The highest BCUT2D eigenvalue weighted by atomic mass is 79.9. The van der Waals surface area contributed by atoms with Crippen LogP contribution in [-0.4, -0.2) is 35.1 Å². The number of ether oxygens (including phenoxy) is 1. The number of nitrogens with zero attached hydrogens (tertiary/aromatic N) is 2. The molecule has 3 aromatic rings. The van der Waals surface area contributed by atoms with Gasteiger partial charge in [0.15, 0.2) is 0 Å². The zero-order valence-corrected chi connectivity index (χ0v) is 20.4. The quantitative estimate of drug-likeness (QED) is 0.274. The van der Waals surface area contributed by atoms with E-state index in [1.165, 1.54) is 0 Å². The number of halogens is 1. The highest BCUT2D eigenvalue weighted by Crippen LogP contribution is 2.34. The molecule has 0 aliphatic carbocycles. The number of rotatable bonds is 5. The lowest BCUT2D eigenvalue weighted by atomic mass is 10.1. The molecule has 5 rings (SSSR count). The van der Waals surface area contributed by atoms with E-state index in [0.29, 0.717) is 45.7 Å². The lowest BCUT2D eigenvalue weighted by Crippen LogP contribution is -2.30. The molecule has 8 heteroatoms. The molecule has 0 bridgehead atoms. The number of hydrogen-bond donors (Lipinski definition) is 0. The van der Waals surface area contributed by atoms with E-state index < -0.39 is 23.7 Å². The molecular formula is C27H21BrN2O5. The molecule has 2 aliphatic rings. The van der Waals surface area contributed by atoms with Crippen LogP contribution in [0.25, 0.3) is 0 Å². The van der Waals surface area contributed by atoms with Gasteiger partial charge in [-0.25, -0.2) is 4.90 Å². The molecule has 0 N–H and O–H groups in total. The molecule has 35 heavy (non-hydrogen) atoms. The van der Waals surface area contributed by atoms with Gasteiger partial charge in [0, 0.05) is 24.0 Å². The number of carbonyl (C=O) groups is 4. The van der Waals surface area contributed by atoms with Crippen LogP contribution >= 0.6 is 15.9 Å². The van der Waals surface area contributed by atoms with Crippen molar-refractivity contribution in [2.45, 2.75) is 19.9 Å². The third-order valence-electron chi connectivity index (χ3n) is 6.24. The van der Waals surface area contributed by atoms with E-state index in [-0.39, 0.29) is 12.3 Å². The van der Waals surface area contributed by atoms with Crippen molar-refractivity contribution in [1.29, 1.82) is 0 Å². The van der Waals surface area contributed by atoms with E-state index in [4.69, 9.17) is 4.74 Å². The zero-order valence-electron chi connectivity index (χ0n) is 18.9. The summed E-state index contributed by atoms with van der Waals surface area (Å²) in [4.78, 5) is 53.8. The third-order valence-corrected chi connectivity index (χ3v) is 6.73. The van der Waals surface area contributed by atoms with Crippen molar-refractivity contribution in [2.75, 3.05) is 11.4 Å². The Kier molecular flexibility index (Phi) is 5.98. The minimum Gasteiger partial charge on any atom is -0.426 e. The van der Waals surface area contributed by atoms with E-state index >= 15 is 0 Å². The Labute approximate surface area is 210 Å². The zero-order chi connectivity index (χ0) is 24.7. The van der Waals surface area contributed by atoms with Crippen molar-refractivity contribution in [2.24, 2.45) is 5.92 Å². The first kappa shape index (κ1) is 23.0. The summed E-state index contributed by atoms with van der Waals surface area (Å²) in [6.45, 7) is 2.50. The average molecular weight is 533 g/mol. The van der Waals surface area contributed by atoms with Crippen LogP contribution in [0, 0.1) is 12.8 Å². The summed E-state index contributed by atoms with van der Waals surface area (Å²) < 4.78 is 6.28. The third kappa shape index (κ3) is 4.37. The number of carbonyl (C=O) groups excluding carboxylic acids is 4. The van der Waals surface area contributed by atoms with Crippen LogP contribution in [0.4, 0.5) is 5.69 Å². The van der Waals surface area contributed by atoms with E-state index in [0.717, 1.165) is 10.5 Å². The van der Waals surface area contributed by atoms with Crippen molar-refractivity contribution >= 4 is 45.3 Å². The molecular weight excluding hydrogens is 512 g/mol. The Morgan fingerprint density at radius 3 is 2.46 bits per heavy atom. The Morgan fingerprint density at radius 2 is 1.71 bits per heavy atom. The van der Waals surface area contributed by atoms with Gasteiger partial charge in [-0.1, -0.05) is 46.3 Å². The fraction of sp³-hybridized carbons (Fsp3) is 0.185. The lowest BCUT2D eigenvalue weighted by Gasteiger charge is -2.18. The number of amides is 3. The van der Waals surface area contributed by atoms with E-state index in [1.807, 2.05) is 30.3 Å². The SMILES string of the molecule is Cc1cc(OC(=O)[C@@H]2CC(=O)N(Cc3ccccc3)C2)ccc1N1C(=O)c2ccc(Br)cc2C1=O. The van der Waals surface area contributed by atoms with Crippen molar-refractivity contribution in [3.8, 4) is 5.75 Å². The molecule has 0 aromatic heterocycles. The first-order chi connectivity index (χ1) is 16.8. The van der Waals surface area contributed by atoms with Crippen molar-refractivity contribution in [3.63, 3.8) is 0 Å². The smallest absolute Gasteiger partial charge is 0.316 e. The predicted octanol–water partition coefficient (Wildman–Crippen LogP) is 4.51. The molecule has 176 valence electrons. The number of fused-ring (bicyclic) bond motifs is 1. The number of likely N-dealkylation sites (tertiary alicyclic amines) is 1. The van der Waals surface area contributed by atoms with E-state index in [2.05, 4.69) is 15.9 Å². The number of anilines is 1. The summed E-state index contributed by atoms with van der Waals surface area (Å²) >= 11 is 3.33. The van der Waals surface area contributed by atoms with Gasteiger partial charge in [-0.15, -0.1) is 0 Å². The second kappa shape index (κ2) is 9.11. The minimum atomic E-state index is -0.555. The van der Waals surface area contributed by atoms with Gasteiger partial charge >= 0.3 is 5.97 Å². The summed E-state index contributed by atoms with van der Waals surface area (Å²) in [5, 5.41) is 0. The number of aryl methyl sites for hydroxylation is 1. The summed E-state index contributed by atoms with van der Waals surface area (Å²) in [5.74, 6) is -1.62. The largest absolute Gasteiger partial charge is 0.426 e. The Balaban J connectivity index is 1.27. The number of hydrogen-bond acceptors (Lipinski definition) is 5. The molecule has 3 amide bonds.